The number of urea groups is 1. The Bertz CT molecular complexity index is 636. The van der Waals surface area contributed by atoms with Crippen LogP contribution in [0.4, 0.5) is 4.79 Å². The molecule has 1 heterocycles. The molecule has 2 rings (SSSR count). The normalized spacial score (nSPS) is 21.1. The summed E-state index contributed by atoms with van der Waals surface area (Å²) < 4.78 is 5.27. The topological polar surface area (TPSA) is 82.4 Å². The van der Waals surface area contributed by atoms with Gasteiger partial charge in [-0.25, -0.2) is 4.79 Å². The lowest BCUT2D eigenvalue weighted by atomic mass is 9.96. The summed E-state index contributed by atoms with van der Waals surface area (Å²) in [6.45, 7) is 3.79. The maximum atomic E-state index is 12.0. The maximum Gasteiger partial charge on any atom is 0.325 e. The van der Waals surface area contributed by atoms with Gasteiger partial charge in [0.1, 0.15) is 11.3 Å². The van der Waals surface area contributed by atoms with Gasteiger partial charge < -0.3 is 9.64 Å². The lowest BCUT2D eigenvalue weighted by molar-refractivity contribution is -0.126. The lowest BCUT2D eigenvalue weighted by Crippen LogP contribution is -2.46. The Morgan fingerprint density at radius 3 is 2.71 bits per heavy atom. The van der Waals surface area contributed by atoms with E-state index in [1.54, 1.807) is 25.1 Å². The second kappa shape index (κ2) is 5.44. The van der Waals surface area contributed by atoms with Crippen LogP contribution >= 0.6 is 0 Å². The fourth-order valence-electron chi connectivity index (χ4n) is 2.39. The van der Waals surface area contributed by atoms with Crippen molar-refractivity contribution in [1.82, 2.24) is 10.2 Å². The fourth-order valence-corrected chi connectivity index (χ4v) is 2.39. The van der Waals surface area contributed by atoms with Crippen molar-refractivity contribution in [3.63, 3.8) is 0 Å². The third-order valence-corrected chi connectivity index (χ3v) is 3.98. The molecule has 1 N–H and O–H groups in total. The predicted octanol–water partition coefficient (Wildman–Crippen LogP) is 1.79. The van der Waals surface area contributed by atoms with Gasteiger partial charge in [-0.1, -0.05) is 6.92 Å². The van der Waals surface area contributed by atoms with Crippen LogP contribution < -0.4 is 10.1 Å². The summed E-state index contributed by atoms with van der Waals surface area (Å²) in [5, 5.41) is 11.3. The number of benzene rings is 1. The molecule has 1 aromatic carbocycles. The second-order valence-electron chi connectivity index (χ2n) is 5.11. The molecule has 3 amide bonds. The Hall–Kier alpha value is -2.55. The van der Waals surface area contributed by atoms with Crippen molar-refractivity contribution in [3.05, 3.63) is 29.3 Å². The van der Waals surface area contributed by atoms with Crippen molar-refractivity contribution >= 4 is 11.9 Å². The smallest absolute Gasteiger partial charge is 0.325 e. The van der Waals surface area contributed by atoms with Crippen LogP contribution in [0.3, 0.4) is 0 Å². The summed E-state index contributed by atoms with van der Waals surface area (Å²) >= 11 is 0. The summed E-state index contributed by atoms with van der Waals surface area (Å²) in [6.07, 6.45) is 0.505. The van der Waals surface area contributed by atoms with Gasteiger partial charge in [0, 0.05) is 5.56 Å². The number of rotatable bonds is 4. The van der Waals surface area contributed by atoms with Gasteiger partial charge in [-0.2, -0.15) is 5.26 Å². The summed E-state index contributed by atoms with van der Waals surface area (Å²) in [4.78, 5) is 25.4. The Labute approximate surface area is 123 Å². The van der Waals surface area contributed by atoms with Crippen molar-refractivity contribution < 1.29 is 14.3 Å². The first-order chi connectivity index (χ1) is 9.96. The van der Waals surface area contributed by atoms with Crippen LogP contribution in [0.2, 0.25) is 0 Å². The maximum absolute atomic E-state index is 12.0. The number of nitrogens with one attached hydrogen (secondary N) is 1. The number of nitrogens with zero attached hydrogens (tertiary/aromatic N) is 2. The number of hydrogen-bond donors (Lipinski definition) is 1. The lowest BCUT2D eigenvalue weighted by Gasteiger charge is -2.31. The third kappa shape index (κ3) is 2.42. The van der Waals surface area contributed by atoms with Crippen LogP contribution in [0.1, 0.15) is 31.4 Å². The number of nitriles is 1. The molecule has 1 atom stereocenters. The molecule has 0 radical (unpaired) electrons. The van der Waals surface area contributed by atoms with Crippen molar-refractivity contribution in [2.45, 2.75) is 32.4 Å². The SMILES string of the molecule is CCC1(C)C(=O)NC(=O)N1Cc1cc(C#N)ccc1OC. The minimum Gasteiger partial charge on any atom is -0.496 e. The van der Waals surface area contributed by atoms with Gasteiger partial charge in [-0.05, 0) is 31.5 Å². The van der Waals surface area contributed by atoms with E-state index in [2.05, 4.69) is 11.4 Å². The number of carbonyl (C=O) groups is 2. The highest BCUT2D eigenvalue weighted by Crippen LogP contribution is 2.30. The molecule has 6 heteroatoms. The molecule has 110 valence electrons. The molecule has 0 spiro atoms. The molecular formula is C15H17N3O3. The van der Waals surface area contributed by atoms with E-state index in [1.165, 1.54) is 12.0 Å². The number of hydrogen-bond acceptors (Lipinski definition) is 4. The largest absolute Gasteiger partial charge is 0.496 e. The molecule has 1 aromatic rings. The number of ether oxygens (including phenoxy) is 1. The molecule has 0 aromatic heterocycles. The summed E-state index contributed by atoms with van der Waals surface area (Å²) in [6, 6.07) is 6.64. The molecule has 0 bridgehead atoms. The highest BCUT2D eigenvalue weighted by atomic mass is 16.5. The van der Waals surface area contributed by atoms with Gasteiger partial charge in [0.15, 0.2) is 0 Å². The van der Waals surface area contributed by atoms with Gasteiger partial charge in [-0.3, -0.25) is 10.1 Å². The van der Waals surface area contributed by atoms with E-state index in [9.17, 15) is 9.59 Å². The van der Waals surface area contributed by atoms with Crippen molar-refractivity contribution in [3.8, 4) is 11.8 Å². The fraction of sp³-hybridized carbons (Fsp3) is 0.400. The van der Waals surface area contributed by atoms with Gasteiger partial charge in [0.2, 0.25) is 0 Å². The number of carbonyl (C=O) groups excluding carboxylic acids is 2. The van der Waals surface area contributed by atoms with Gasteiger partial charge >= 0.3 is 6.03 Å². The minimum atomic E-state index is -0.884. The average Bonchev–Trinajstić information content (AvgIpc) is 2.71. The van der Waals surface area contributed by atoms with Crippen molar-refractivity contribution in [1.29, 1.82) is 5.26 Å². The molecule has 1 fully saturated rings. The molecule has 6 nitrogen and oxygen atoms in total. The van der Waals surface area contributed by atoms with Crippen molar-refractivity contribution in [2.24, 2.45) is 0 Å². The van der Waals surface area contributed by atoms with Gasteiger partial charge in [0.05, 0.1) is 25.3 Å². The van der Waals surface area contributed by atoms with Crippen molar-refractivity contribution in [2.75, 3.05) is 7.11 Å². The quantitative estimate of drug-likeness (QED) is 0.856. The summed E-state index contributed by atoms with van der Waals surface area (Å²) in [5.74, 6) is 0.282. The van der Waals surface area contributed by atoms with E-state index in [0.717, 1.165) is 0 Å². The van der Waals surface area contributed by atoms with E-state index >= 15 is 0 Å². The Morgan fingerprint density at radius 1 is 1.43 bits per heavy atom. The highest BCUT2D eigenvalue weighted by Gasteiger charge is 2.47. The summed E-state index contributed by atoms with van der Waals surface area (Å²) in [7, 11) is 1.53. The van der Waals surface area contributed by atoms with Gasteiger partial charge in [0.25, 0.3) is 5.91 Å². The highest BCUT2D eigenvalue weighted by molar-refractivity contribution is 6.06. The minimum absolute atomic E-state index is 0.209. The van der Waals surface area contributed by atoms with E-state index in [-0.39, 0.29) is 12.5 Å². The van der Waals surface area contributed by atoms with Crippen LogP contribution in [-0.2, 0) is 11.3 Å². The average molecular weight is 287 g/mol. The molecule has 1 unspecified atom stereocenters. The van der Waals surface area contributed by atoms with Crippen LogP contribution in [0.15, 0.2) is 18.2 Å². The van der Waals surface area contributed by atoms with Gasteiger partial charge in [-0.15, -0.1) is 0 Å². The van der Waals surface area contributed by atoms with E-state index in [1.807, 2.05) is 6.92 Å². The Morgan fingerprint density at radius 2 is 2.14 bits per heavy atom. The zero-order valence-corrected chi connectivity index (χ0v) is 12.3. The molecular weight excluding hydrogens is 270 g/mol. The van der Waals surface area contributed by atoms with E-state index in [4.69, 9.17) is 10.00 Å². The standard InChI is InChI=1S/C15H17N3O3/c1-4-15(2)13(19)17-14(20)18(15)9-11-7-10(8-16)5-6-12(11)21-3/h5-7H,4,9H2,1-3H3,(H,17,19,20). The molecule has 1 saturated heterocycles. The van der Waals surface area contributed by atoms with E-state index in [0.29, 0.717) is 23.3 Å². The molecule has 1 aliphatic rings. The molecule has 0 saturated carbocycles. The second-order valence-corrected chi connectivity index (χ2v) is 5.11. The predicted molar refractivity (Wildman–Crippen MR) is 75.5 cm³/mol. The Balaban J connectivity index is 2.39. The van der Waals surface area contributed by atoms with Crippen LogP contribution in [0.5, 0.6) is 5.75 Å². The molecule has 1 aliphatic heterocycles. The first kappa shape index (κ1) is 14.9. The zero-order valence-electron chi connectivity index (χ0n) is 12.3. The third-order valence-electron chi connectivity index (χ3n) is 3.98. The van der Waals surface area contributed by atoms with Crippen LogP contribution in [-0.4, -0.2) is 29.5 Å². The molecule has 0 aliphatic carbocycles. The number of imide groups is 1. The van der Waals surface area contributed by atoms with Crippen LogP contribution in [0.25, 0.3) is 0 Å². The molecule has 21 heavy (non-hydrogen) atoms. The number of methoxy groups -OCH3 is 1. The first-order valence-electron chi connectivity index (χ1n) is 6.66. The zero-order chi connectivity index (χ0) is 15.6. The number of amides is 3. The monoisotopic (exact) mass is 287 g/mol. The summed E-state index contributed by atoms with van der Waals surface area (Å²) in [5.41, 5.74) is 0.293. The van der Waals surface area contributed by atoms with Crippen LogP contribution in [0, 0.1) is 11.3 Å². The first-order valence-corrected chi connectivity index (χ1v) is 6.66. The van der Waals surface area contributed by atoms with E-state index < -0.39 is 11.6 Å². The Kier molecular flexibility index (Phi) is 3.85.